The summed E-state index contributed by atoms with van der Waals surface area (Å²) < 4.78 is 42.6. The molecule has 0 unspecified atom stereocenters. The maximum absolute atomic E-state index is 14.2. The van der Waals surface area contributed by atoms with Crippen LogP contribution in [0.25, 0.3) is 0 Å². The van der Waals surface area contributed by atoms with E-state index in [0.717, 1.165) is 5.56 Å². The minimum absolute atomic E-state index is 0.0817. The summed E-state index contributed by atoms with van der Waals surface area (Å²) in [6.07, 6.45) is 1.49. The minimum atomic E-state index is -3.97. The van der Waals surface area contributed by atoms with E-state index in [-0.39, 0.29) is 29.8 Å². The van der Waals surface area contributed by atoms with Crippen molar-refractivity contribution in [3.05, 3.63) is 83.4 Å². The van der Waals surface area contributed by atoms with E-state index < -0.39 is 21.4 Å². The standard InChI is InChI=1S/C25H32FN5O3S/c1-4-27-24(32)30(15-14-29(2)3)18-22-16-28-25(31(22)17-20-10-6-5-7-11-20)35(33,34)19-21-12-8-9-13-23(21)26/h5-13,16H,4,14-15,17-19H2,1-3H3,(H,27,32). The topological polar surface area (TPSA) is 87.5 Å². The molecule has 188 valence electrons. The van der Waals surface area contributed by atoms with Gasteiger partial charge in [0.05, 0.1) is 30.7 Å². The van der Waals surface area contributed by atoms with Crippen molar-refractivity contribution in [2.75, 3.05) is 33.7 Å². The summed E-state index contributed by atoms with van der Waals surface area (Å²) in [5, 5.41) is 2.66. The lowest BCUT2D eigenvalue weighted by Crippen LogP contribution is -2.43. The quantitative estimate of drug-likeness (QED) is 0.436. The first-order chi connectivity index (χ1) is 16.7. The van der Waals surface area contributed by atoms with Crippen LogP contribution in [0.4, 0.5) is 9.18 Å². The molecule has 0 bridgehead atoms. The third kappa shape index (κ3) is 7.12. The Hall–Kier alpha value is -3.24. The van der Waals surface area contributed by atoms with Crippen molar-refractivity contribution < 1.29 is 17.6 Å². The molecule has 0 atom stereocenters. The molecule has 0 saturated carbocycles. The zero-order valence-electron chi connectivity index (χ0n) is 20.3. The molecule has 0 aliphatic heterocycles. The fourth-order valence-electron chi connectivity index (χ4n) is 3.62. The van der Waals surface area contributed by atoms with Crippen LogP contribution in [0.3, 0.4) is 0 Å². The van der Waals surface area contributed by atoms with Gasteiger partial charge in [0, 0.05) is 25.2 Å². The van der Waals surface area contributed by atoms with Gasteiger partial charge in [-0.05, 0) is 32.6 Å². The van der Waals surface area contributed by atoms with Gasteiger partial charge in [0.15, 0.2) is 0 Å². The molecule has 3 aromatic rings. The highest BCUT2D eigenvalue weighted by atomic mass is 32.2. The van der Waals surface area contributed by atoms with E-state index >= 15 is 0 Å². The number of benzene rings is 2. The summed E-state index contributed by atoms with van der Waals surface area (Å²) in [5.74, 6) is -1.09. The minimum Gasteiger partial charge on any atom is -0.338 e. The predicted octanol–water partition coefficient (Wildman–Crippen LogP) is 3.14. The molecule has 8 nitrogen and oxygen atoms in total. The van der Waals surface area contributed by atoms with Crippen LogP contribution in [0.15, 0.2) is 66.0 Å². The number of carbonyl (C=O) groups excluding carboxylic acids is 1. The van der Waals surface area contributed by atoms with E-state index in [1.54, 1.807) is 15.5 Å². The Morgan fingerprint density at radius 2 is 1.74 bits per heavy atom. The first kappa shape index (κ1) is 26.4. The first-order valence-corrected chi connectivity index (χ1v) is 13.1. The van der Waals surface area contributed by atoms with Crippen molar-refractivity contribution >= 4 is 15.9 Å². The number of nitrogens with zero attached hydrogens (tertiary/aromatic N) is 4. The molecule has 10 heteroatoms. The molecule has 3 rings (SSSR count). The maximum atomic E-state index is 14.2. The highest BCUT2D eigenvalue weighted by Gasteiger charge is 2.26. The van der Waals surface area contributed by atoms with Gasteiger partial charge in [-0.3, -0.25) is 0 Å². The molecule has 35 heavy (non-hydrogen) atoms. The van der Waals surface area contributed by atoms with E-state index in [9.17, 15) is 17.6 Å². The predicted molar refractivity (Wildman–Crippen MR) is 133 cm³/mol. The lowest BCUT2D eigenvalue weighted by molar-refractivity contribution is 0.188. The molecule has 1 heterocycles. The van der Waals surface area contributed by atoms with Gasteiger partial charge in [-0.15, -0.1) is 0 Å². The molecule has 2 amide bonds. The number of aromatic nitrogens is 2. The van der Waals surface area contributed by atoms with Gasteiger partial charge >= 0.3 is 6.03 Å². The van der Waals surface area contributed by atoms with Gasteiger partial charge in [-0.25, -0.2) is 22.6 Å². The van der Waals surface area contributed by atoms with Gasteiger partial charge in [0.2, 0.25) is 15.0 Å². The van der Waals surface area contributed by atoms with Gasteiger partial charge in [0.25, 0.3) is 0 Å². The molecular weight excluding hydrogens is 469 g/mol. The van der Waals surface area contributed by atoms with Crippen LogP contribution in [-0.4, -0.2) is 67.5 Å². The number of hydrogen-bond donors (Lipinski definition) is 1. The molecule has 0 aliphatic carbocycles. The molecule has 1 N–H and O–H groups in total. The van der Waals surface area contributed by atoms with Crippen LogP contribution in [0.1, 0.15) is 23.7 Å². The number of carbonyl (C=O) groups is 1. The number of nitrogens with one attached hydrogen (secondary N) is 1. The number of imidazole rings is 1. The second kappa shape index (κ2) is 11.9. The summed E-state index contributed by atoms with van der Waals surface area (Å²) in [6, 6.07) is 15.0. The summed E-state index contributed by atoms with van der Waals surface area (Å²) in [7, 11) is -0.134. The number of sulfone groups is 1. The third-order valence-electron chi connectivity index (χ3n) is 5.45. The second-order valence-corrected chi connectivity index (χ2v) is 10.4. The van der Waals surface area contributed by atoms with Crippen molar-refractivity contribution in [2.24, 2.45) is 0 Å². The monoisotopic (exact) mass is 501 g/mol. The SMILES string of the molecule is CCNC(=O)N(CCN(C)C)Cc1cnc(S(=O)(=O)Cc2ccccc2F)n1Cc1ccccc1. The Bertz CT molecular complexity index is 1230. The van der Waals surface area contributed by atoms with Gasteiger partial charge in [0.1, 0.15) is 5.82 Å². The highest BCUT2D eigenvalue weighted by Crippen LogP contribution is 2.21. The maximum Gasteiger partial charge on any atom is 0.317 e. The number of likely N-dealkylation sites (N-methyl/N-ethyl adjacent to an activating group) is 1. The Balaban J connectivity index is 1.99. The van der Waals surface area contributed by atoms with Crippen molar-refractivity contribution in [3.8, 4) is 0 Å². The van der Waals surface area contributed by atoms with Gasteiger partial charge < -0.3 is 19.7 Å². The Morgan fingerprint density at radius 1 is 1.06 bits per heavy atom. The zero-order valence-corrected chi connectivity index (χ0v) is 21.1. The van der Waals surface area contributed by atoms with E-state index in [1.165, 1.54) is 24.4 Å². The van der Waals surface area contributed by atoms with Gasteiger partial charge in [-0.1, -0.05) is 48.5 Å². The summed E-state index contributed by atoms with van der Waals surface area (Å²) in [5.41, 5.74) is 1.54. The average Bonchev–Trinajstić information content (AvgIpc) is 3.21. The van der Waals surface area contributed by atoms with Crippen molar-refractivity contribution in [3.63, 3.8) is 0 Å². The molecule has 0 aliphatic rings. The number of urea groups is 1. The number of rotatable bonds is 11. The Labute approximate surface area is 206 Å². The van der Waals surface area contributed by atoms with E-state index in [4.69, 9.17) is 0 Å². The van der Waals surface area contributed by atoms with Crippen LogP contribution in [-0.2, 0) is 28.7 Å². The van der Waals surface area contributed by atoms with E-state index in [2.05, 4.69) is 10.3 Å². The van der Waals surface area contributed by atoms with E-state index in [0.29, 0.717) is 25.3 Å². The van der Waals surface area contributed by atoms with Gasteiger partial charge in [-0.2, -0.15) is 0 Å². The van der Waals surface area contributed by atoms with Crippen LogP contribution >= 0.6 is 0 Å². The zero-order chi connectivity index (χ0) is 25.4. The molecule has 0 fully saturated rings. The fourth-order valence-corrected chi connectivity index (χ4v) is 5.12. The highest BCUT2D eigenvalue weighted by molar-refractivity contribution is 7.90. The van der Waals surface area contributed by atoms with Crippen molar-refractivity contribution in [1.29, 1.82) is 0 Å². The van der Waals surface area contributed by atoms with Crippen LogP contribution in [0.5, 0.6) is 0 Å². The lowest BCUT2D eigenvalue weighted by atomic mass is 10.2. The normalized spacial score (nSPS) is 11.6. The van der Waals surface area contributed by atoms with Crippen LogP contribution in [0.2, 0.25) is 0 Å². The number of halogens is 1. The summed E-state index contributed by atoms with van der Waals surface area (Å²) >= 11 is 0. The largest absolute Gasteiger partial charge is 0.338 e. The molecule has 2 aromatic carbocycles. The second-order valence-electron chi connectivity index (χ2n) is 8.51. The van der Waals surface area contributed by atoms with Crippen LogP contribution < -0.4 is 5.32 Å². The van der Waals surface area contributed by atoms with Crippen molar-refractivity contribution in [1.82, 2.24) is 24.7 Å². The molecule has 0 radical (unpaired) electrons. The number of hydrogen-bond acceptors (Lipinski definition) is 5. The fraction of sp³-hybridized carbons (Fsp3) is 0.360. The molecule has 0 spiro atoms. The third-order valence-corrected chi connectivity index (χ3v) is 7.03. The van der Waals surface area contributed by atoms with Crippen LogP contribution in [0, 0.1) is 5.82 Å². The number of amides is 2. The first-order valence-electron chi connectivity index (χ1n) is 11.4. The Kier molecular flexibility index (Phi) is 9.00. The van der Waals surface area contributed by atoms with Crippen molar-refractivity contribution in [2.45, 2.75) is 30.9 Å². The lowest BCUT2D eigenvalue weighted by Gasteiger charge is -2.25. The van der Waals surface area contributed by atoms with E-state index in [1.807, 2.05) is 56.3 Å². The molecule has 1 aromatic heterocycles. The average molecular weight is 502 g/mol. The smallest absolute Gasteiger partial charge is 0.317 e. The molecule has 0 saturated heterocycles. The summed E-state index contributed by atoms with van der Waals surface area (Å²) in [4.78, 5) is 20.6. The summed E-state index contributed by atoms with van der Waals surface area (Å²) in [6.45, 7) is 3.83. The Morgan fingerprint density at radius 3 is 2.40 bits per heavy atom. The molecular formula is C25H32FN5O3S.